The van der Waals surface area contributed by atoms with Crippen LogP contribution in [0.15, 0.2) is 42.5 Å². The van der Waals surface area contributed by atoms with Crippen LogP contribution in [0.4, 0.5) is 11.4 Å². The van der Waals surface area contributed by atoms with E-state index in [1.165, 1.54) is 12.1 Å². The molecule has 1 heterocycles. The van der Waals surface area contributed by atoms with E-state index in [1.54, 1.807) is 18.2 Å². The highest BCUT2D eigenvalue weighted by molar-refractivity contribution is 7.18. The highest BCUT2D eigenvalue weighted by Gasteiger charge is 2.23. The minimum Gasteiger partial charge on any atom is -0.477 e. The Kier molecular flexibility index (Phi) is 5.13. The van der Waals surface area contributed by atoms with Crippen LogP contribution in [-0.4, -0.2) is 21.9 Å². The van der Waals surface area contributed by atoms with Crippen LogP contribution in [0.5, 0.6) is 0 Å². The predicted molar refractivity (Wildman–Crippen MR) is 98.5 cm³/mol. The van der Waals surface area contributed by atoms with Gasteiger partial charge in [0, 0.05) is 22.9 Å². The second kappa shape index (κ2) is 7.49. The summed E-state index contributed by atoms with van der Waals surface area (Å²) < 4.78 is 0. The maximum atomic E-state index is 12.4. The van der Waals surface area contributed by atoms with Crippen LogP contribution in [0, 0.1) is 16.0 Å². The van der Waals surface area contributed by atoms with Gasteiger partial charge in [-0.15, -0.1) is 11.3 Å². The first-order valence-electron chi connectivity index (χ1n) is 8.03. The van der Waals surface area contributed by atoms with E-state index < -0.39 is 10.9 Å². The molecule has 2 N–H and O–H groups in total. The molecule has 0 saturated carbocycles. The fraction of sp³-hybridized carbons (Fsp3) is 0.222. The van der Waals surface area contributed by atoms with Crippen molar-refractivity contribution < 1.29 is 19.6 Å². The van der Waals surface area contributed by atoms with Crippen molar-refractivity contribution in [3.8, 4) is 10.4 Å². The van der Waals surface area contributed by atoms with Gasteiger partial charge in [0.2, 0.25) is 5.91 Å². The van der Waals surface area contributed by atoms with E-state index in [1.807, 2.05) is 12.2 Å². The number of hydrogen-bond donors (Lipinski definition) is 2. The molecule has 8 heteroatoms. The monoisotopic (exact) mass is 372 g/mol. The van der Waals surface area contributed by atoms with Crippen LogP contribution in [0.2, 0.25) is 0 Å². The van der Waals surface area contributed by atoms with Gasteiger partial charge in [-0.25, -0.2) is 4.79 Å². The summed E-state index contributed by atoms with van der Waals surface area (Å²) in [6, 6.07) is 7.52. The van der Waals surface area contributed by atoms with Crippen molar-refractivity contribution in [2.24, 2.45) is 5.92 Å². The number of rotatable bonds is 5. The molecule has 1 aromatic carbocycles. The SMILES string of the molecule is O=C(O)c1sc(-c2cccc([N+](=O)[O-])c2)cc1NC(=O)C1CC=CCC1. The zero-order valence-electron chi connectivity index (χ0n) is 13.7. The minimum absolute atomic E-state index is 0.00575. The Morgan fingerprint density at radius 1 is 1.27 bits per heavy atom. The first-order chi connectivity index (χ1) is 12.5. The van der Waals surface area contributed by atoms with Gasteiger partial charge in [-0.2, -0.15) is 0 Å². The molecule has 0 fully saturated rings. The van der Waals surface area contributed by atoms with Crippen LogP contribution in [0.3, 0.4) is 0 Å². The van der Waals surface area contributed by atoms with E-state index in [2.05, 4.69) is 5.32 Å². The summed E-state index contributed by atoms with van der Waals surface area (Å²) in [5.74, 6) is -1.53. The van der Waals surface area contributed by atoms with E-state index in [-0.39, 0.29) is 28.1 Å². The second-order valence-corrected chi connectivity index (χ2v) is 6.99. The number of nitro groups is 1. The molecule has 1 aliphatic rings. The van der Waals surface area contributed by atoms with Crippen molar-refractivity contribution in [2.75, 3.05) is 5.32 Å². The summed E-state index contributed by atoms with van der Waals surface area (Å²) in [4.78, 5) is 34.9. The van der Waals surface area contributed by atoms with Crippen molar-refractivity contribution in [1.29, 1.82) is 0 Å². The van der Waals surface area contributed by atoms with Crippen LogP contribution in [-0.2, 0) is 4.79 Å². The molecule has 1 aromatic heterocycles. The van der Waals surface area contributed by atoms with Crippen LogP contribution in [0.1, 0.15) is 28.9 Å². The zero-order valence-corrected chi connectivity index (χ0v) is 14.5. The number of carboxylic acids is 1. The predicted octanol–water partition coefficient (Wildman–Crippen LogP) is 4.32. The van der Waals surface area contributed by atoms with Crippen molar-refractivity contribution in [3.05, 3.63) is 57.5 Å². The summed E-state index contributed by atoms with van der Waals surface area (Å²) >= 11 is 0.979. The average molecular weight is 372 g/mol. The van der Waals surface area contributed by atoms with Gasteiger partial charge >= 0.3 is 5.97 Å². The van der Waals surface area contributed by atoms with Crippen LogP contribution >= 0.6 is 11.3 Å². The number of aromatic carboxylic acids is 1. The summed E-state index contributed by atoms with van der Waals surface area (Å²) in [6.45, 7) is 0. The maximum Gasteiger partial charge on any atom is 0.348 e. The highest BCUT2D eigenvalue weighted by atomic mass is 32.1. The zero-order chi connectivity index (χ0) is 18.7. The molecule has 2 aromatic rings. The lowest BCUT2D eigenvalue weighted by atomic mass is 9.93. The third-order valence-corrected chi connectivity index (χ3v) is 5.34. The quantitative estimate of drug-likeness (QED) is 0.461. The Labute approximate surface area is 153 Å². The van der Waals surface area contributed by atoms with Gasteiger partial charge in [-0.3, -0.25) is 14.9 Å². The molecule has 0 saturated heterocycles. The van der Waals surface area contributed by atoms with Crippen molar-refractivity contribution in [3.63, 3.8) is 0 Å². The number of carbonyl (C=O) groups is 2. The maximum absolute atomic E-state index is 12.4. The van der Waals surface area contributed by atoms with Gasteiger partial charge in [0.1, 0.15) is 4.88 Å². The number of amides is 1. The van der Waals surface area contributed by atoms with Crippen molar-refractivity contribution in [2.45, 2.75) is 19.3 Å². The topological polar surface area (TPSA) is 110 Å². The Balaban J connectivity index is 1.90. The summed E-state index contributed by atoms with van der Waals surface area (Å²) in [5, 5.41) is 23.1. The number of anilines is 1. The molecule has 0 aliphatic heterocycles. The first kappa shape index (κ1) is 17.8. The lowest BCUT2D eigenvalue weighted by Gasteiger charge is -2.16. The average Bonchev–Trinajstić information content (AvgIpc) is 3.06. The molecule has 7 nitrogen and oxygen atoms in total. The molecule has 0 radical (unpaired) electrons. The number of nitrogens with zero attached hydrogens (tertiary/aromatic N) is 1. The molecule has 26 heavy (non-hydrogen) atoms. The van der Waals surface area contributed by atoms with Gasteiger partial charge in [0.15, 0.2) is 0 Å². The summed E-state index contributed by atoms with van der Waals surface area (Å²) in [5.41, 5.74) is 0.684. The van der Waals surface area contributed by atoms with Crippen molar-refractivity contribution >= 4 is 34.6 Å². The third kappa shape index (κ3) is 3.80. The molecule has 1 amide bonds. The molecule has 0 spiro atoms. The summed E-state index contributed by atoms with van der Waals surface area (Å²) in [7, 11) is 0. The van der Waals surface area contributed by atoms with Gasteiger partial charge in [0.05, 0.1) is 10.6 Å². The Bertz CT molecular complexity index is 903. The number of hydrogen-bond acceptors (Lipinski definition) is 5. The van der Waals surface area contributed by atoms with E-state index in [9.17, 15) is 24.8 Å². The largest absolute Gasteiger partial charge is 0.477 e. The Morgan fingerprint density at radius 2 is 2.08 bits per heavy atom. The minimum atomic E-state index is -1.15. The second-order valence-electron chi connectivity index (χ2n) is 5.94. The normalized spacial score (nSPS) is 16.2. The lowest BCUT2D eigenvalue weighted by Crippen LogP contribution is -2.24. The van der Waals surface area contributed by atoms with Gasteiger partial charge in [-0.05, 0) is 30.9 Å². The standard InChI is InChI=1S/C18H16N2O5S/c21-17(11-5-2-1-3-6-11)19-14-10-15(26-16(14)18(22)23)12-7-4-8-13(9-12)20(24)25/h1-2,4,7-11H,3,5-6H2,(H,19,21)(H,22,23). The van der Waals surface area contributed by atoms with E-state index in [4.69, 9.17) is 0 Å². The smallest absolute Gasteiger partial charge is 0.348 e. The van der Waals surface area contributed by atoms with Gasteiger partial charge in [-0.1, -0.05) is 24.3 Å². The number of nitrogens with one attached hydrogen (secondary N) is 1. The number of nitro benzene ring substituents is 1. The molecule has 134 valence electrons. The Hall–Kier alpha value is -3.00. The molecular formula is C18H16N2O5S. The molecule has 0 bridgehead atoms. The molecular weight excluding hydrogens is 356 g/mol. The van der Waals surface area contributed by atoms with Gasteiger partial charge in [0.25, 0.3) is 5.69 Å². The molecule has 1 unspecified atom stereocenters. The van der Waals surface area contributed by atoms with E-state index >= 15 is 0 Å². The van der Waals surface area contributed by atoms with Crippen LogP contribution < -0.4 is 5.32 Å². The fourth-order valence-corrected chi connectivity index (χ4v) is 3.77. The first-order valence-corrected chi connectivity index (χ1v) is 8.85. The third-order valence-electron chi connectivity index (χ3n) is 4.17. The number of carboxylic acid groups (broad SMARTS) is 1. The number of allylic oxidation sites excluding steroid dienone is 2. The molecule has 1 aliphatic carbocycles. The number of benzene rings is 1. The lowest BCUT2D eigenvalue weighted by molar-refractivity contribution is -0.384. The van der Waals surface area contributed by atoms with Gasteiger partial charge < -0.3 is 10.4 Å². The Morgan fingerprint density at radius 3 is 2.73 bits per heavy atom. The van der Waals surface area contributed by atoms with Crippen molar-refractivity contribution in [1.82, 2.24) is 0 Å². The number of non-ortho nitro benzene ring substituents is 1. The summed E-state index contributed by atoms with van der Waals surface area (Å²) in [6.07, 6.45) is 6.17. The fourth-order valence-electron chi connectivity index (χ4n) is 2.82. The number of carbonyl (C=O) groups excluding carboxylic acids is 1. The highest BCUT2D eigenvalue weighted by Crippen LogP contribution is 2.36. The van der Waals surface area contributed by atoms with Crippen LogP contribution in [0.25, 0.3) is 10.4 Å². The van der Waals surface area contributed by atoms with E-state index in [0.29, 0.717) is 16.9 Å². The number of thiophene rings is 1. The van der Waals surface area contributed by atoms with E-state index in [0.717, 1.165) is 24.2 Å². The molecule has 1 atom stereocenters. The molecule has 3 rings (SSSR count).